The second-order valence-electron chi connectivity index (χ2n) is 6.01. The molecular weight excluding hydrogens is 352 g/mol. The molecular formula is C19H15ClN4O2. The first kappa shape index (κ1) is 16.4. The minimum atomic E-state index is -0.208. The van der Waals surface area contributed by atoms with Crippen LogP contribution >= 0.6 is 11.6 Å². The molecule has 0 aliphatic carbocycles. The maximum Gasteiger partial charge on any atom is 0.254 e. The molecule has 3 aromatic heterocycles. The van der Waals surface area contributed by atoms with E-state index in [4.69, 9.17) is 16.1 Å². The normalized spacial score (nSPS) is 12.2. The minimum absolute atomic E-state index is 0.178. The second-order valence-corrected chi connectivity index (χ2v) is 6.44. The van der Waals surface area contributed by atoms with Gasteiger partial charge < -0.3 is 14.8 Å². The number of halogens is 1. The molecule has 0 aliphatic rings. The van der Waals surface area contributed by atoms with Crippen molar-refractivity contribution in [1.29, 1.82) is 0 Å². The van der Waals surface area contributed by atoms with Crippen molar-refractivity contribution in [3.63, 3.8) is 0 Å². The summed E-state index contributed by atoms with van der Waals surface area (Å²) in [6, 6.07) is 11.2. The minimum Gasteiger partial charge on any atom is -0.378 e. The lowest BCUT2D eigenvalue weighted by Gasteiger charge is -2.16. The van der Waals surface area contributed by atoms with E-state index in [-0.39, 0.29) is 11.6 Å². The molecule has 7 heteroatoms. The number of fused-ring (bicyclic) bond motifs is 1. The molecule has 1 aromatic carbocycles. The first-order valence-electron chi connectivity index (χ1n) is 8.05. The molecule has 1 unspecified atom stereocenters. The van der Waals surface area contributed by atoms with Gasteiger partial charge >= 0.3 is 0 Å². The van der Waals surface area contributed by atoms with E-state index in [1.165, 1.54) is 6.20 Å². The molecule has 0 saturated carbocycles. The fourth-order valence-corrected chi connectivity index (χ4v) is 3.03. The quantitative estimate of drug-likeness (QED) is 0.559. The number of anilines is 1. The van der Waals surface area contributed by atoms with Crippen LogP contribution in [0.25, 0.3) is 22.2 Å². The van der Waals surface area contributed by atoms with Gasteiger partial charge in [-0.05, 0) is 36.8 Å². The summed E-state index contributed by atoms with van der Waals surface area (Å²) in [5.74, 6) is 0. The molecule has 4 rings (SSSR count). The van der Waals surface area contributed by atoms with E-state index in [9.17, 15) is 4.79 Å². The lowest BCUT2D eigenvalue weighted by molar-refractivity contribution is 0.420. The molecule has 4 aromatic rings. The fraction of sp³-hybridized carbons (Fsp3) is 0.105. The highest BCUT2D eigenvalue weighted by Gasteiger charge is 2.12. The van der Waals surface area contributed by atoms with Gasteiger partial charge in [0.25, 0.3) is 5.56 Å². The molecule has 26 heavy (non-hydrogen) atoms. The highest BCUT2D eigenvalue weighted by Crippen LogP contribution is 2.25. The van der Waals surface area contributed by atoms with E-state index in [2.05, 4.69) is 20.4 Å². The van der Waals surface area contributed by atoms with Crippen LogP contribution in [0.3, 0.4) is 0 Å². The van der Waals surface area contributed by atoms with Gasteiger partial charge in [0.2, 0.25) is 0 Å². The Kier molecular flexibility index (Phi) is 4.18. The summed E-state index contributed by atoms with van der Waals surface area (Å²) in [7, 11) is 0. The van der Waals surface area contributed by atoms with Crippen LogP contribution < -0.4 is 10.9 Å². The predicted octanol–water partition coefficient (Wildman–Crippen LogP) is 4.40. The van der Waals surface area contributed by atoms with Crippen LogP contribution in [0.5, 0.6) is 0 Å². The molecule has 0 radical (unpaired) electrons. The summed E-state index contributed by atoms with van der Waals surface area (Å²) in [5.41, 5.74) is 3.71. The van der Waals surface area contributed by atoms with Crippen molar-refractivity contribution in [1.82, 2.24) is 15.1 Å². The lowest BCUT2D eigenvalue weighted by atomic mass is 10.1. The summed E-state index contributed by atoms with van der Waals surface area (Å²) in [6.45, 7) is 1.93. The number of pyridine rings is 2. The Labute approximate surface area is 153 Å². The van der Waals surface area contributed by atoms with Gasteiger partial charge in [0.1, 0.15) is 11.9 Å². The Balaban J connectivity index is 1.65. The molecule has 1 atom stereocenters. The van der Waals surface area contributed by atoms with Crippen LogP contribution in [-0.2, 0) is 0 Å². The number of nitrogens with zero attached hydrogens (tertiary/aromatic N) is 2. The molecule has 0 amide bonds. The van der Waals surface area contributed by atoms with Gasteiger partial charge in [-0.2, -0.15) is 0 Å². The van der Waals surface area contributed by atoms with Gasteiger partial charge in [-0.15, -0.1) is 0 Å². The van der Waals surface area contributed by atoms with Crippen molar-refractivity contribution in [3.05, 3.63) is 76.0 Å². The van der Waals surface area contributed by atoms with Crippen molar-refractivity contribution in [3.8, 4) is 11.1 Å². The average molecular weight is 367 g/mol. The van der Waals surface area contributed by atoms with Crippen LogP contribution in [0.4, 0.5) is 5.69 Å². The van der Waals surface area contributed by atoms with Crippen LogP contribution in [0, 0.1) is 0 Å². The van der Waals surface area contributed by atoms with Crippen LogP contribution in [-0.4, -0.2) is 15.1 Å². The van der Waals surface area contributed by atoms with Crippen molar-refractivity contribution in [2.45, 2.75) is 13.0 Å². The number of aromatic nitrogens is 3. The topological polar surface area (TPSA) is 83.8 Å². The molecule has 0 saturated heterocycles. The zero-order valence-corrected chi connectivity index (χ0v) is 14.6. The third-order valence-electron chi connectivity index (χ3n) is 4.17. The largest absolute Gasteiger partial charge is 0.378 e. The van der Waals surface area contributed by atoms with E-state index < -0.39 is 0 Å². The molecule has 3 heterocycles. The van der Waals surface area contributed by atoms with Crippen LogP contribution in [0.2, 0.25) is 5.02 Å². The Bertz CT molecular complexity index is 1120. The van der Waals surface area contributed by atoms with Crippen LogP contribution in [0.1, 0.15) is 18.5 Å². The number of H-pyrrole nitrogens is 1. The maximum atomic E-state index is 12.4. The van der Waals surface area contributed by atoms with Crippen molar-refractivity contribution < 1.29 is 4.52 Å². The number of nitrogens with one attached hydrogen (secondary N) is 2. The van der Waals surface area contributed by atoms with Gasteiger partial charge in [-0.3, -0.25) is 4.79 Å². The Morgan fingerprint density at radius 3 is 2.88 bits per heavy atom. The Morgan fingerprint density at radius 2 is 2.08 bits per heavy atom. The number of benzene rings is 1. The molecule has 2 N–H and O–H groups in total. The van der Waals surface area contributed by atoms with E-state index in [1.807, 2.05) is 37.3 Å². The maximum absolute atomic E-state index is 12.4. The van der Waals surface area contributed by atoms with Gasteiger partial charge in [0, 0.05) is 28.4 Å². The summed E-state index contributed by atoms with van der Waals surface area (Å²) in [6.07, 6.45) is 4.76. The molecule has 0 spiro atoms. The van der Waals surface area contributed by atoms with Gasteiger partial charge in [0.15, 0.2) is 0 Å². The number of rotatable bonds is 4. The lowest BCUT2D eigenvalue weighted by Crippen LogP contribution is -2.19. The van der Waals surface area contributed by atoms with E-state index in [0.29, 0.717) is 16.2 Å². The van der Waals surface area contributed by atoms with Gasteiger partial charge in [0.05, 0.1) is 17.3 Å². The monoisotopic (exact) mass is 366 g/mol. The van der Waals surface area contributed by atoms with E-state index in [1.54, 1.807) is 18.5 Å². The number of hydrogen-bond acceptors (Lipinski definition) is 5. The first-order chi connectivity index (χ1) is 12.6. The van der Waals surface area contributed by atoms with Crippen molar-refractivity contribution in [2.24, 2.45) is 0 Å². The predicted molar refractivity (Wildman–Crippen MR) is 101 cm³/mol. The molecule has 6 nitrogen and oxygen atoms in total. The third-order valence-corrected chi connectivity index (χ3v) is 4.37. The first-order valence-corrected chi connectivity index (χ1v) is 8.43. The summed E-state index contributed by atoms with van der Waals surface area (Å²) < 4.78 is 4.89. The zero-order chi connectivity index (χ0) is 18.1. The second kappa shape index (κ2) is 6.65. The Hall–Kier alpha value is -3.12. The number of hydrogen-bond donors (Lipinski definition) is 2. The van der Waals surface area contributed by atoms with Crippen molar-refractivity contribution >= 4 is 28.3 Å². The SMILES string of the molecule is CC(Nc1cccc(-c2cnoc2)c1)c1cc2cc(Cl)cnc2[nH]c1=O. The van der Waals surface area contributed by atoms with E-state index in [0.717, 1.165) is 22.2 Å². The zero-order valence-electron chi connectivity index (χ0n) is 13.9. The summed E-state index contributed by atoms with van der Waals surface area (Å²) >= 11 is 6.00. The van der Waals surface area contributed by atoms with Crippen LogP contribution in [0.15, 0.2) is 64.4 Å². The van der Waals surface area contributed by atoms with Crippen molar-refractivity contribution in [2.75, 3.05) is 5.32 Å². The van der Waals surface area contributed by atoms with Gasteiger partial charge in [-0.1, -0.05) is 28.9 Å². The molecule has 0 aliphatic heterocycles. The average Bonchev–Trinajstić information content (AvgIpc) is 3.16. The van der Waals surface area contributed by atoms with E-state index >= 15 is 0 Å². The molecule has 0 fully saturated rings. The summed E-state index contributed by atoms with van der Waals surface area (Å²) in [4.78, 5) is 19.4. The Morgan fingerprint density at radius 1 is 1.19 bits per heavy atom. The highest BCUT2D eigenvalue weighted by molar-refractivity contribution is 6.31. The summed E-state index contributed by atoms with van der Waals surface area (Å²) in [5, 5.41) is 8.40. The third kappa shape index (κ3) is 3.19. The fourth-order valence-electron chi connectivity index (χ4n) is 2.87. The number of aromatic amines is 1. The van der Waals surface area contributed by atoms with Gasteiger partial charge in [-0.25, -0.2) is 4.98 Å². The smallest absolute Gasteiger partial charge is 0.254 e. The standard InChI is InChI=1S/C19H15ClN4O2/c1-11(17-7-13-5-15(20)9-21-18(13)24-19(17)25)23-16-4-2-3-12(6-16)14-8-22-26-10-14/h2-11,23H,1H3,(H,21,24,25). The molecule has 130 valence electrons. The molecule has 0 bridgehead atoms. The highest BCUT2D eigenvalue weighted by atomic mass is 35.5.